The Hall–Kier alpha value is -2.95. The summed E-state index contributed by atoms with van der Waals surface area (Å²) in [5.41, 5.74) is 0.599. The molecule has 0 radical (unpaired) electrons. The summed E-state index contributed by atoms with van der Waals surface area (Å²) in [7, 11) is 0. The topological polar surface area (TPSA) is 120 Å². The quantitative estimate of drug-likeness (QED) is 0.307. The average molecular weight is 403 g/mol. The minimum Gasteiger partial charge on any atom is -0.459 e. The molecule has 0 saturated carbocycles. The van der Waals surface area contributed by atoms with E-state index in [1.165, 1.54) is 16.9 Å². The first-order chi connectivity index (χ1) is 13.4. The molecule has 10 nitrogen and oxygen atoms in total. The summed E-state index contributed by atoms with van der Waals surface area (Å²) in [5.74, 6) is -0.581. The second kappa shape index (κ2) is 6.89. The third-order valence-corrected chi connectivity index (χ3v) is 6.44. The van der Waals surface area contributed by atoms with Gasteiger partial charge in [-0.2, -0.15) is 15.0 Å². The molecule has 3 atom stereocenters. The molecule has 0 N–H and O–H groups in total. The summed E-state index contributed by atoms with van der Waals surface area (Å²) in [6.07, 6.45) is 3.52. The van der Waals surface area contributed by atoms with Crippen molar-refractivity contribution in [2.75, 3.05) is 0 Å². The lowest BCUT2D eigenvalue weighted by molar-refractivity contribution is -0.384. The first kappa shape index (κ1) is 18.4. The molecule has 1 aromatic carbocycles. The standard InChI is InChI=1S/C17H17N5O5S/c1-17(10-20-18-6-7-19-20)15(21-13(23)8-14(21)28-17)16(24)27-9-11-2-4-12(5-3-11)22(25)26/h2-7,14-15H,8-10H2,1H3. The van der Waals surface area contributed by atoms with Crippen molar-refractivity contribution in [3.05, 3.63) is 52.3 Å². The summed E-state index contributed by atoms with van der Waals surface area (Å²) in [6.45, 7) is 2.24. The smallest absolute Gasteiger partial charge is 0.330 e. The van der Waals surface area contributed by atoms with Crippen molar-refractivity contribution in [3.63, 3.8) is 0 Å². The number of carbonyl (C=O) groups excluding carboxylic acids is 2. The van der Waals surface area contributed by atoms with Gasteiger partial charge in [0, 0.05) is 12.1 Å². The molecule has 0 spiro atoms. The van der Waals surface area contributed by atoms with Crippen LogP contribution in [0, 0.1) is 10.1 Å². The van der Waals surface area contributed by atoms with Crippen molar-refractivity contribution in [2.24, 2.45) is 0 Å². The zero-order valence-electron chi connectivity index (χ0n) is 14.9. The fourth-order valence-corrected chi connectivity index (χ4v) is 5.25. The summed E-state index contributed by atoms with van der Waals surface area (Å²) in [4.78, 5) is 38.3. The van der Waals surface area contributed by atoms with Crippen LogP contribution in [0.2, 0.25) is 0 Å². The lowest BCUT2D eigenvalue weighted by Gasteiger charge is -2.37. The van der Waals surface area contributed by atoms with E-state index in [0.29, 0.717) is 18.5 Å². The van der Waals surface area contributed by atoms with Crippen LogP contribution >= 0.6 is 11.8 Å². The predicted octanol–water partition coefficient (Wildman–Crippen LogP) is 1.36. The molecule has 4 rings (SSSR count). The van der Waals surface area contributed by atoms with Crippen LogP contribution in [0.15, 0.2) is 36.7 Å². The molecule has 2 saturated heterocycles. The van der Waals surface area contributed by atoms with E-state index in [1.54, 1.807) is 41.2 Å². The van der Waals surface area contributed by atoms with Gasteiger partial charge in [-0.3, -0.25) is 14.9 Å². The number of rotatable bonds is 6. The molecule has 1 amide bonds. The van der Waals surface area contributed by atoms with Crippen molar-refractivity contribution >= 4 is 29.3 Å². The summed E-state index contributed by atoms with van der Waals surface area (Å²) < 4.78 is 4.84. The van der Waals surface area contributed by atoms with E-state index < -0.39 is 21.7 Å². The van der Waals surface area contributed by atoms with Crippen LogP contribution in [-0.4, -0.2) is 52.9 Å². The fourth-order valence-electron chi connectivity index (χ4n) is 3.52. The number of non-ortho nitro benzene ring substituents is 1. The van der Waals surface area contributed by atoms with E-state index in [2.05, 4.69) is 10.2 Å². The lowest BCUT2D eigenvalue weighted by atomic mass is 9.96. The number of aromatic nitrogens is 3. The molecular formula is C17H17N5O5S. The van der Waals surface area contributed by atoms with Gasteiger partial charge in [0.1, 0.15) is 12.6 Å². The third kappa shape index (κ3) is 3.21. The molecule has 3 heterocycles. The molecule has 2 aliphatic heterocycles. The number of hydrogen-bond acceptors (Lipinski definition) is 8. The number of amides is 1. The third-order valence-electron chi connectivity index (χ3n) is 4.88. The fraction of sp³-hybridized carbons (Fsp3) is 0.412. The van der Waals surface area contributed by atoms with Crippen molar-refractivity contribution in [1.82, 2.24) is 19.9 Å². The second-order valence-electron chi connectivity index (χ2n) is 6.88. The number of nitrogens with zero attached hydrogens (tertiary/aromatic N) is 5. The maximum atomic E-state index is 12.9. The molecule has 146 valence electrons. The van der Waals surface area contributed by atoms with Gasteiger partial charge in [0.2, 0.25) is 5.91 Å². The van der Waals surface area contributed by atoms with Crippen LogP contribution < -0.4 is 0 Å². The van der Waals surface area contributed by atoms with Crippen LogP contribution in [0.25, 0.3) is 0 Å². The normalized spacial score (nSPS) is 25.9. The lowest BCUT2D eigenvalue weighted by Crippen LogP contribution is -2.58. The Balaban J connectivity index is 1.48. The highest BCUT2D eigenvalue weighted by Gasteiger charge is 2.61. The number of thioether (sulfide) groups is 1. The van der Waals surface area contributed by atoms with E-state index in [-0.39, 0.29) is 23.6 Å². The van der Waals surface area contributed by atoms with Crippen LogP contribution in [0.3, 0.4) is 0 Å². The molecule has 3 unspecified atom stereocenters. The number of benzene rings is 1. The van der Waals surface area contributed by atoms with Gasteiger partial charge < -0.3 is 9.64 Å². The van der Waals surface area contributed by atoms with Crippen LogP contribution in [0.5, 0.6) is 0 Å². The Morgan fingerprint density at radius 3 is 2.64 bits per heavy atom. The second-order valence-corrected chi connectivity index (χ2v) is 8.60. The number of carbonyl (C=O) groups is 2. The van der Waals surface area contributed by atoms with Gasteiger partial charge in [-0.15, -0.1) is 11.8 Å². The first-order valence-corrected chi connectivity index (χ1v) is 9.48. The van der Waals surface area contributed by atoms with E-state index in [0.717, 1.165) is 0 Å². The van der Waals surface area contributed by atoms with Crippen molar-refractivity contribution < 1.29 is 19.2 Å². The first-order valence-electron chi connectivity index (χ1n) is 8.60. The van der Waals surface area contributed by atoms with Crippen molar-refractivity contribution in [2.45, 2.75) is 42.7 Å². The average Bonchev–Trinajstić information content (AvgIpc) is 3.24. The van der Waals surface area contributed by atoms with E-state index in [4.69, 9.17) is 4.74 Å². The largest absolute Gasteiger partial charge is 0.459 e. The van der Waals surface area contributed by atoms with Gasteiger partial charge in [-0.05, 0) is 24.6 Å². The molecule has 2 aliphatic rings. The molecular weight excluding hydrogens is 386 g/mol. The number of nitro benzene ring substituents is 1. The van der Waals surface area contributed by atoms with Gasteiger partial charge in [0.15, 0.2) is 0 Å². The molecule has 11 heteroatoms. The summed E-state index contributed by atoms with van der Waals surface area (Å²) in [5, 5.41) is 18.9. The Labute approximate surface area is 164 Å². The SMILES string of the molecule is CC1(Cn2nccn2)SC2CC(=O)N2C1C(=O)OCc1ccc([N+](=O)[O-])cc1. The predicted molar refractivity (Wildman–Crippen MR) is 97.9 cm³/mol. The Morgan fingerprint density at radius 1 is 1.36 bits per heavy atom. The molecule has 0 bridgehead atoms. The number of hydrogen-bond donors (Lipinski definition) is 0. The Morgan fingerprint density at radius 2 is 2.04 bits per heavy atom. The van der Waals surface area contributed by atoms with E-state index >= 15 is 0 Å². The molecule has 28 heavy (non-hydrogen) atoms. The minimum atomic E-state index is -0.743. The molecule has 0 aliphatic carbocycles. The van der Waals surface area contributed by atoms with Crippen molar-refractivity contribution in [3.8, 4) is 0 Å². The van der Waals surface area contributed by atoms with Gasteiger partial charge in [-0.25, -0.2) is 4.79 Å². The zero-order valence-corrected chi connectivity index (χ0v) is 15.7. The maximum absolute atomic E-state index is 12.9. The highest BCUT2D eigenvalue weighted by atomic mass is 32.2. The summed E-state index contributed by atoms with van der Waals surface area (Å²) in [6, 6.07) is 5.06. The monoisotopic (exact) mass is 403 g/mol. The van der Waals surface area contributed by atoms with Crippen LogP contribution in [-0.2, 0) is 27.5 Å². The number of nitro groups is 1. The zero-order chi connectivity index (χ0) is 19.9. The van der Waals surface area contributed by atoms with Gasteiger partial charge in [-0.1, -0.05) is 0 Å². The minimum absolute atomic E-state index is 0.0270. The maximum Gasteiger partial charge on any atom is 0.330 e. The van der Waals surface area contributed by atoms with Gasteiger partial charge in [0.05, 0.1) is 40.4 Å². The molecule has 1 aromatic heterocycles. The number of esters is 1. The highest BCUT2D eigenvalue weighted by Crippen LogP contribution is 2.51. The van der Waals surface area contributed by atoms with Gasteiger partial charge >= 0.3 is 5.97 Å². The van der Waals surface area contributed by atoms with Crippen molar-refractivity contribution in [1.29, 1.82) is 0 Å². The summed E-state index contributed by atoms with van der Waals surface area (Å²) >= 11 is 1.56. The number of β-lactam (4-membered cyclic amide) rings is 1. The van der Waals surface area contributed by atoms with Gasteiger partial charge in [0.25, 0.3) is 5.69 Å². The number of ether oxygens (including phenoxy) is 1. The van der Waals surface area contributed by atoms with E-state index in [1.807, 2.05) is 6.92 Å². The highest BCUT2D eigenvalue weighted by molar-refractivity contribution is 8.01. The van der Waals surface area contributed by atoms with Crippen LogP contribution in [0.1, 0.15) is 18.9 Å². The molecule has 2 fully saturated rings. The number of fused-ring (bicyclic) bond motifs is 1. The van der Waals surface area contributed by atoms with Crippen LogP contribution in [0.4, 0.5) is 5.69 Å². The Bertz CT molecular complexity index is 919. The Kier molecular flexibility index (Phi) is 4.53. The molecule has 2 aromatic rings. The van der Waals surface area contributed by atoms with E-state index in [9.17, 15) is 19.7 Å².